The van der Waals surface area contributed by atoms with E-state index in [9.17, 15) is 0 Å². The third-order valence-corrected chi connectivity index (χ3v) is 5.46. The summed E-state index contributed by atoms with van der Waals surface area (Å²) in [6, 6.07) is 6.47. The molecule has 3 heterocycles. The van der Waals surface area contributed by atoms with Crippen LogP contribution in [0.25, 0.3) is 10.6 Å². The lowest BCUT2D eigenvalue weighted by Gasteiger charge is -2.23. The van der Waals surface area contributed by atoms with Gasteiger partial charge in [0.05, 0.1) is 17.4 Å². The van der Waals surface area contributed by atoms with Crippen LogP contribution in [0.15, 0.2) is 40.5 Å². The molecule has 0 amide bonds. The summed E-state index contributed by atoms with van der Waals surface area (Å²) in [5.41, 5.74) is 4.68. The van der Waals surface area contributed by atoms with Crippen molar-refractivity contribution in [1.29, 1.82) is 0 Å². The normalized spacial score (nSPS) is 12.7. The standard InChI is InChI=1S/C18H21N3S2/c1-12(2)16(17-13(3)5-4-7-19-17)20-9-15-11-23-18(21-15)14-6-8-22-10-14/h4-8,10-12,16,20H,9H2,1-3H3/t16-/m1/s1. The van der Waals surface area contributed by atoms with Crippen molar-refractivity contribution in [2.24, 2.45) is 5.92 Å². The van der Waals surface area contributed by atoms with Crippen LogP contribution in [0.4, 0.5) is 0 Å². The molecule has 0 aliphatic rings. The van der Waals surface area contributed by atoms with Crippen LogP contribution >= 0.6 is 22.7 Å². The molecule has 120 valence electrons. The van der Waals surface area contributed by atoms with Crippen LogP contribution in [0.1, 0.15) is 36.8 Å². The predicted molar refractivity (Wildman–Crippen MR) is 98.8 cm³/mol. The summed E-state index contributed by atoms with van der Waals surface area (Å²) in [4.78, 5) is 9.32. The van der Waals surface area contributed by atoms with Crippen LogP contribution < -0.4 is 5.32 Å². The Hall–Kier alpha value is -1.56. The lowest BCUT2D eigenvalue weighted by molar-refractivity contribution is 0.399. The van der Waals surface area contributed by atoms with Gasteiger partial charge < -0.3 is 5.32 Å². The highest BCUT2D eigenvalue weighted by atomic mass is 32.1. The fourth-order valence-electron chi connectivity index (χ4n) is 2.59. The number of nitrogens with zero attached hydrogens (tertiary/aromatic N) is 2. The molecule has 3 aromatic rings. The van der Waals surface area contributed by atoms with E-state index in [2.05, 4.69) is 59.3 Å². The molecule has 0 unspecified atom stereocenters. The quantitative estimate of drug-likeness (QED) is 0.679. The van der Waals surface area contributed by atoms with Crippen molar-refractivity contribution < 1.29 is 0 Å². The van der Waals surface area contributed by atoms with Gasteiger partial charge in [0.15, 0.2) is 0 Å². The second-order valence-corrected chi connectivity index (χ2v) is 7.60. The predicted octanol–water partition coefficient (Wildman–Crippen LogP) is 5.06. The molecule has 0 aliphatic heterocycles. The maximum Gasteiger partial charge on any atom is 0.124 e. The molecule has 1 atom stereocenters. The summed E-state index contributed by atoms with van der Waals surface area (Å²) in [6.07, 6.45) is 1.87. The molecule has 0 radical (unpaired) electrons. The van der Waals surface area contributed by atoms with Crippen molar-refractivity contribution in [3.8, 4) is 10.6 Å². The van der Waals surface area contributed by atoms with E-state index >= 15 is 0 Å². The van der Waals surface area contributed by atoms with Crippen LogP contribution in [0.2, 0.25) is 0 Å². The van der Waals surface area contributed by atoms with Gasteiger partial charge in [-0.25, -0.2) is 4.98 Å². The highest BCUT2D eigenvalue weighted by Gasteiger charge is 2.19. The zero-order valence-electron chi connectivity index (χ0n) is 13.6. The average Bonchev–Trinajstić information content (AvgIpc) is 3.19. The van der Waals surface area contributed by atoms with Gasteiger partial charge in [-0.3, -0.25) is 4.98 Å². The van der Waals surface area contributed by atoms with E-state index in [1.165, 1.54) is 11.1 Å². The Kier molecular flexibility index (Phi) is 5.20. The van der Waals surface area contributed by atoms with Crippen LogP contribution in [0.5, 0.6) is 0 Å². The second-order valence-electron chi connectivity index (χ2n) is 5.96. The summed E-state index contributed by atoms with van der Waals surface area (Å²) in [5, 5.41) is 11.1. The number of pyridine rings is 1. The van der Waals surface area contributed by atoms with Gasteiger partial charge in [-0.15, -0.1) is 11.3 Å². The summed E-state index contributed by atoms with van der Waals surface area (Å²) in [5.74, 6) is 0.471. The number of rotatable bonds is 6. The molecular formula is C18H21N3S2. The lowest BCUT2D eigenvalue weighted by atomic mass is 9.97. The van der Waals surface area contributed by atoms with Crippen molar-refractivity contribution in [2.75, 3.05) is 0 Å². The summed E-state index contributed by atoms with van der Waals surface area (Å²) < 4.78 is 0. The Morgan fingerprint density at radius 1 is 1.22 bits per heavy atom. The van der Waals surface area contributed by atoms with Gasteiger partial charge in [0.1, 0.15) is 5.01 Å². The fourth-order valence-corrected chi connectivity index (χ4v) is 4.12. The molecule has 0 saturated carbocycles. The van der Waals surface area contributed by atoms with Crippen molar-refractivity contribution in [1.82, 2.24) is 15.3 Å². The molecule has 0 bridgehead atoms. The zero-order chi connectivity index (χ0) is 16.2. The zero-order valence-corrected chi connectivity index (χ0v) is 15.2. The molecule has 0 aliphatic carbocycles. The van der Waals surface area contributed by atoms with Crippen molar-refractivity contribution in [3.63, 3.8) is 0 Å². The lowest BCUT2D eigenvalue weighted by Crippen LogP contribution is -2.27. The minimum absolute atomic E-state index is 0.238. The second kappa shape index (κ2) is 7.34. The smallest absolute Gasteiger partial charge is 0.124 e. The van der Waals surface area contributed by atoms with Gasteiger partial charge in [0.2, 0.25) is 0 Å². The number of hydrogen-bond acceptors (Lipinski definition) is 5. The van der Waals surface area contributed by atoms with Crippen LogP contribution in [0.3, 0.4) is 0 Å². The third-order valence-electron chi connectivity index (χ3n) is 3.83. The fraction of sp³-hybridized carbons (Fsp3) is 0.333. The van der Waals surface area contributed by atoms with Crippen molar-refractivity contribution >= 4 is 22.7 Å². The van der Waals surface area contributed by atoms with Crippen molar-refractivity contribution in [2.45, 2.75) is 33.4 Å². The maximum absolute atomic E-state index is 4.74. The minimum Gasteiger partial charge on any atom is -0.303 e. The summed E-state index contributed by atoms with van der Waals surface area (Å²) >= 11 is 3.41. The Morgan fingerprint density at radius 3 is 2.78 bits per heavy atom. The Morgan fingerprint density at radius 2 is 2.09 bits per heavy atom. The van der Waals surface area contributed by atoms with Gasteiger partial charge >= 0.3 is 0 Å². The maximum atomic E-state index is 4.74. The highest BCUT2D eigenvalue weighted by molar-refractivity contribution is 7.14. The minimum atomic E-state index is 0.238. The first-order valence-corrected chi connectivity index (χ1v) is 9.59. The molecule has 5 heteroatoms. The SMILES string of the molecule is Cc1cccnc1[C@H](NCc1csc(-c2ccsc2)n1)C(C)C. The molecule has 0 spiro atoms. The summed E-state index contributed by atoms with van der Waals surface area (Å²) in [6.45, 7) is 7.34. The van der Waals surface area contributed by atoms with Gasteiger partial charge in [-0.05, 0) is 35.9 Å². The van der Waals surface area contributed by atoms with Crippen LogP contribution in [-0.4, -0.2) is 9.97 Å². The molecular weight excluding hydrogens is 322 g/mol. The Bertz CT molecular complexity index is 747. The van der Waals surface area contributed by atoms with Gasteiger partial charge in [0, 0.05) is 29.1 Å². The number of aromatic nitrogens is 2. The molecule has 3 nitrogen and oxygen atoms in total. The number of aryl methyl sites for hydroxylation is 1. The number of thiazole rings is 1. The topological polar surface area (TPSA) is 37.8 Å². The highest BCUT2D eigenvalue weighted by Crippen LogP contribution is 2.27. The van der Waals surface area contributed by atoms with E-state index in [4.69, 9.17) is 4.98 Å². The van der Waals surface area contributed by atoms with Gasteiger partial charge in [0.25, 0.3) is 0 Å². The van der Waals surface area contributed by atoms with Gasteiger partial charge in [-0.2, -0.15) is 11.3 Å². The molecule has 0 aromatic carbocycles. The number of hydrogen-bond donors (Lipinski definition) is 1. The van der Waals surface area contributed by atoms with E-state index in [0.717, 1.165) is 22.9 Å². The van der Waals surface area contributed by atoms with E-state index in [-0.39, 0.29) is 6.04 Å². The number of thiophene rings is 1. The molecule has 0 fully saturated rings. The van der Waals surface area contributed by atoms with Crippen molar-refractivity contribution in [3.05, 3.63) is 57.5 Å². The molecule has 1 N–H and O–H groups in total. The van der Waals surface area contributed by atoms with Gasteiger partial charge in [-0.1, -0.05) is 19.9 Å². The van der Waals surface area contributed by atoms with E-state index in [1.807, 2.05) is 12.3 Å². The molecule has 3 rings (SSSR count). The largest absolute Gasteiger partial charge is 0.303 e. The molecule has 23 heavy (non-hydrogen) atoms. The van der Waals surface area contributed by atoms with E-state index in [0.29, 0.717) is 5.92 Å². The Balaban J connectivity index is 1.72. The number of nitrogens with one attached hydrogen (secondary N) is 1. The van der Waals surface area contributed by atoms with E-state index < -0.39 is 0 Å². The third kappa shape index (κ3) is 3.86. The monoisotopic (exact) mass is 343 g/mol. The van der Waals surface area contributed by atoms with Crippen LogP contribution in [-0.2, 0) is 6.54 Å². The molecule has 3 aromatic heterocycles. The first-order valence-electron chi connectivity index (χ1n) is 7.77. The van der Waals surface area contributed by atoms with E-state index in [1.54, 1.807) is 22.7 Å². The molecule has 0 saturated heterocycles. The van der Waals surface area contributed by atoms with Crippen LogP contribution in [0, 0.1) is 12.8 Å². The first-order chi connectivity index (χ1) is 11.1. The average molecular weight is 344 g/mol. The summed E-state index contributed by atoms with van der Waals surface area (Å²) in [7, 11) is 0. The Labute approximate surface area is 145 Å². The first kappa shape index (κ1) is 16.3.